The van der Waals surface area contributed by atoms with E-state index in [1.54, 1.807) is 0 Å². The Morgan fingerprint density at radius 2 is 1.48 bits per heavy atom. The van der Waals surface area contributed by atoms with Gasteiger partial charge < -0.3 is 20.1 Å². The molecular formula is C24H30N2O5. The van der Waals surface area contributed by atoms with Crippen molar-refractivity contribution in [3.8, 4) is 0 Å². The van der Waals surface area contributed by atoms with Gasteiger partial charge in [-0.05, 0) is 17.5 Å². The zero-order valence-electron chi connectivity index (χ0n) is 18.0. The second-order valence-corrected chi connectivity index (χ2v) is 7.17. The summed E-state index contributed by atoms with van der Waals surface area (Å²) in [7, 11) is 1.29. The van der Waals surface area contributed by atoms with Gasteiger partial charge in [0.2, 0.25) is 5.91 Å². The van der Waals surface area contributed by atoms with Crippen molar-refractivity contribution in [2.45, 2.75) is 51.3 Å². The van der Waals surface area contributed by atoms with Crippen LogP contribution >= 0.6 is 0 Å². The van der Waals surface area contributed by atoms with Gasteiger partial charge >= 0.3 is 12.1 Å². The van der Waals surface area contributed by atoms with Gasteiger partial charge in [-0.1, -0.05) is 80.4 Å². The molecule has 2 rings (SSSR count). The molecular weight excluding hydrogens is 396 g/mol. The van der Waals surface area contributed by atoms with Crippen LogP contribution in [-0.2, 0) is 32.1 Å². The van der Waals surface area contributed by atoms with E-state index in [2.05, 4.69) is 10.6 Å². The number of unbranched alkanes of at least 4 members (excludes halogenated alkanes) is 1. The molecule has 0 aliphatic heterocycles. The van der Waals surface area contributed by atoms with Crippen LogP contribution in [0.15, 0.2) is 60.7 Å². The van der Waals surface area contributed by atoms with Crippen molar-refractivity contribution in [2.75, 3.05) is 7.11 Å². The lowest BCUT2D eigenvalue weighted by atomic mass is 10.0. The third-order valence-corrected chi connectivity index (χ3v) is 4.75. The van der Waals surface area contributed by atoms with Crippen LogP contribution in [0.5, 0.6) is 0 Å². The van der Waals surface area contributed by atoms with E-state index in [0.29, 0.717) is 6.42 Å². The van der Waals surface area contributed by atoms with Gasteiger partial charge in [0.05, 0.1) is 7.11 Å². The Morgan fingerprint density at radius 1 is 0.871 bits per heavy atom. The topological polar surface area (TPSA) is 93.7 Å². The number of hydrogen-bond acceptors (Lipinski definition) is 5. The molecule has 0 aromatic heterocycles. The normalized spacial score (nSPS) is 12.3. The number of carbonyl (C=O) groups is 3. The Labute approximate surface area is 183 Å². The van der Waals surface area contributed by atoms with Crippen molar-refractivity contribution < 1.29 is 23.9 Å². The minimum atomic E-state index is -0.903. The van der Waals surface area contributed by atoms with Gasteiger partial charge in [0.25, 0.3) is 0 Å². The predicted octanol–water partition coefficient (Wildman–Crippen LogP) is 3.37. The molecule has 2 atom stereocenters. The molecule has 7 heteroatoms. The van der Waals surface area contributed by atoms with Crippen LogP contribution in [0.25, 0.3) is 0 Å². The van der Waals surface area contributed by atoms with Crippen molar-refractivity contribution in [1.29, 1.82) is 0 Å². The Hall–Kier alpha value is -3.35. The van der Waals surface area contributed by atoms with E-state index < -0.39 is 30.1 Å². The quantitative estimate of drug-likeness (QED) is 0.538. The molecule has 0 saturated heterocycles. The smallest absolute Gasteiger partial charge is 0.408 e. The van der Waals surface area contributed by atoms with E-state index in [1.165, 1.54) is 7.11 Å². The van der Waals surface area contributed by atoms with Crippen molar-refractivity contribution in [1.82, 2.24) is 10.6 Å². The van der Waals surface area contributed by atoms with E-state index in [9.17, 15) is 14.4 Å². The van der Waals surface area contributed by atoms with Gasteiger partial charge in [-0.25, -0.2) is 9.59 Å². The highest BCUT2D eigenvalue weighted by Gasteiger charge is 2.27. The number of carbonyl (C=O) groups excluding carboxylic acids is 3. The Balaban J connectivity index is 2.06. The molecule has 2 N–H and O–H groups in total. The zero-order chi connectivity index (χ0) is 22.5. The van der Waals surface area contributed by atoms with Crippen LogP contribution in [0.2, 0.25) is 0 Å². The fourth-order valence-corrected chi connectivity index (χ4v) is 3.04. The van der Waals surface area contributed by atoms with E-state index in [4.69, 9.17) is 9.47 Å². The number of amides is 2. The number of alkyl carbamates (subject to hydrolysis) is 1. The Bertz CT molecular complexity index is 826. The molecule has 2 amide bonds. The maximum absolute atomic E-state index is 13.0. The maximum Gasteiger partial charge on any atom is 0.408 e. The van der Waals surface area contributed by atoms with Crippen molar-refractivity contribution in [3.63, 3.8) is 0 Å². The minimum Gasteiger partial charge on any atom is -0.467 e. The first-order valence-corrected chi connectivity index (χ1v) is 10.4. The zero-order valence-corrected chi connectivity index (χ0v) is 18.0. The molecule has 0 saturated carbocycles. The first kappa shape index (κ1) is 23.9. The predicted molar refractivity (Wildman–Crippen MR) is 117 cm³/mol. The monoisotopic (exact) mass is 426 g/mol. The SMILES string of the molecule is CCCCC(NC(=O)C(Cc1ccccc1)NC(=O)OCc1ccccc1)C(=O)OC. The van der Waals surface area contributed by atoms with Gasteiger partial charge in [0, 0.05) is 6.42 Å². The largest absolute Gasteiger partial charge is 0.467 e. The fraction of sp³-hybridized carbons (Fsp3) is 0.375. The summed E-state index contributed by atoms with van der Waals surface area (Å²) in [6.07, 6.45) is 1.65. The molecule has 0 fully saturated rings. The Morgan fingerprint density at radius 3 is 2.06 bits per heavy atom. The highest BCUT2D eigenvalue weighted by Crippen LogP contribution is 2.08. The number of hydrogen-bond donors (Lipinski definition) is 2. The summed E-state index contributed by atoms with van der Waals surface area (Å²) in [6, 6.07) is 16.9. The lowest BCUT2D eigenvalue weighted by Gasteiger charge is -2.22. The number of rotatable bonds is 11. The molecule has 0 spiro atoms. The molecule has 31 heavy (non-hydrogen) atoms. The molecule has 0 bridgehead atoms. The van der Waals surface area contributed by atoms with Crippen LogP contribution < -0.4 is 10.6 Å². The number of esters is 1. The van der Waals surface area contributed by atoms with Crippen molar-refractivity contribution >= 4 is 18.0 Å². The molecule has 0 heterocycles. The molecule has 166 valence electrons. The number of methoxy groups -OCH3 is 1. The first-order chi connectivity index (χ1) is 15.0. The van der Waals surface area contributed by atoms with Gasteiger partial charge in [-0.15, -0.1) is 0 Å². The average Bonchev–Trinajstić information content (AvgIpc) is 2.80. The van der Waals surface area contributed by atoms with E-state index >= 15 is 0 Å². The van der Waals surface area contributed by atoms with Gasteiger partial charge in [-0.3, -0.25) is 4.79 Å². The lowest BCUT2D eigenvalue weighted by molar-refractivity contribution is -0.145. The van der Waals surface area contributed by atoms with E-state index in [1.807, 2.05) is 67.6 Å². The maximum atomic E-state index is 13.0. The van der Waals surface area contributed by atoms with Crippen LogP contribution in [0.3, 0.4) is 0 Å². The molecule has 2 aromatic rings. The molecule has 0 aliphatic carbocycles. The molecule has 0 radical (unpaired) electrons. The van der Waals surface area contributed by atoms with E-state index in [-0.39, 0.29) is 13.0 Å². The van der Waals surface area contributed by atoms with Gasteiger partial charge in [-0.2, -0.15) is 0 Å². The van der Waals surface area contributed by atoms with Gasteiger partial charge in [0.1, 0.15) is 18.7 Å². The number of benzene rings is 2. The third kappa shape index (κ3) is 8.50. The van der Waals surface area contributed by atoms with E-state index in [0.717, 1.165) is 24.0 Å². The summed E-state index contributed by atoms with van der Waals surface area (Å²) in [5.74, 6) is -0.973. The number of ether oxygens (including phenoxy) is 2. The Kier molecular flexibility index (Phi) is 10.1. The minimum absolute atomic E-state index is 0.0909. The van der Waals surface area contributed by atoms with Crippen molar-refractivity contribution in [3.05, 3.63) is 71.8 Å². The molecule has 2 aromatic carbocycles. The lowest BCUT2D eigenvalue weighted by Crippen LogP contribution is -2.52. The summed E-state index contributed by atoms with van der Waals surface area (Å²) >= 11 is 0. The summed E-state index contributed by atoms with van der Waals surface area (Å²) in [5.41, 5.74) is 1.71. The highest BCUT2D eigenvalue weighted by molar-refractivity contribution is 5.89. The summed E-state index contributed by atoms with van der Waals surface area (Å²) in [5, 5.41) is 5.35. The van der Waals surface area contributed by atoms with Gasteiger partial charge in [0.15, 0.2) is 0 Å². The summed E-state index contributed by atoms with van der Waals surface area (Å²) < 4.78 is 10.1. The second kappa shape index (κ2) is 13.1. The van der Waals surface area contributed by atoms with Crippen LogP contribution in [0.4, 0.5) is 4.79 Å². The highest BCUT2D eigenvalue weighted by atomic mass is 16.5. The second-order valence-electron chi connectivity index (χ2n) is 7.17. The van der Waals surface area contributed by atoms with Crippen LogP contribution in [0.1, 0.15) is 37.3 Å². The fourth-order valence-electron chi connectivity index (χ4n) is 3.04. The third-order valence-electron chi connectivity index (χ3n) is 4.75. The standard InChI is InChI=1S/C24H30N2O5/c1-3-4-15-20(23(28)30-2)25-22(27)21(16-18-11-7-5-8-12-18)26-24(29)31-17-19-13-9-6-10-14-19/h5-14,20-21H,3-4,15-17H2,1-2H3,(H,25,27)(H,26,29). The molecule has 0 aliphatic rings. The molecule has 2 unspecified atom stereocenters. The average molecular weight is 427 g/mol. The van der Waals surface area contributed by atoms with Crippen LogP contribution in [-0.4, -0.2) is 37.2 Å². The summed E-state index contributed by atoms with van der Waals surface area (Å²) in [6.45, 7) is 2.09. The van der Waals surface area contributed by atoms with Crippen LogP contribution in [0, 0.1) is 0 Å². The van der Waals surface area contributed by atoms with Crippen molar-refractivity contribution in [2.24, 2.45) is 0 Å². The first-order valence-electron chi connectivity index (χ1n) is 10.4. The number of nitrogens with one attached hydrogen (secondary N) is 2. The summed E-state index contributed by atoms with van der Waals surface area (Å²) in [4.78, 5) is 37.4. The molecule has 7 nitrogen and oxygen atoms in total.